The highest BCUT2D eigenvalue weighted by Crippen LogP contribution is 2.61. The van der Waals surface area contributed by atoms with Gasteiger partial charge in [-0.05, 0) is 41.9 Å². The molecule has 0 radical (unpaired) electrons. The first kappa shape index (κ1) is 20.5. The van der Waals surface area contributed by atoms with Gasteiger partial charge in [0.05, 0.1) is 17.1 Å². The molecule has 0 aromatic heterocycles. The molecular formula is C22H25NO7. The number of aliphatic hydroxyl groups excluding tert-OH is 1. The fraction of sp³-hybridized carbons (Fsp3) is 0.545. The average Bonchev–Trinajstić information content (AvgIpc) is 3.09. The third kappa shape index (κ3) is 3.10. The van der Waals surface area contributed by atoms with Crippen LogP contribution in [0.4, 0.5) is 5.69 Å². The molecule has 2 aliphatic carbocycles. The SMILES string of the molecule is CC1(CO)CCCC2(C)C3COC(=O)C3=CC(OC(=O)c3ccc([N+](=O)[O-])cc3)C12. The lowest BCUT2D eigenvalue weighted by molar-refractivity contribution is -0.384. The Morgan fingerprint density at radius 1 is 1.30 bits per heavy atom. The van der Waals surface area contributed by atoms with E-state index in [0.717, 1.165) is 19.3 Å². The molecule has 1 saturated carbocycles. The van der Waals surface area contributed by atoms with Crippen molar-refractivity contribution in [3.05, 3.63) is 51.6 Å². The van der Waals surface area contributed by atoms with Crippen LogP contribution in [-0.4, -0.2) is 41.3 Å². The summed E-state index contributed by atoms with van der Waals surface area (Å²) in [7, 11) is 0. The van der Waals surface area contributed by atoms with E-state index in [1.54, 1.807) is 6.08 Å². The number of nitro benzene ring substituents is 1. The van der Waals surface area contributed by atoms with Crippen molar-refractivity contribution < 1.29 is 29.1 Å². The topological polar surface area (TPSA) is 116 Å². The minimum atomic E-state index is -0.702. The summed E-state index contributed by atoms with van der Waals surface area (Å²) < 4.78 is 11.2. The second-order valence-corrected chi connectivity index (χ2v) is 9.10. The highest BCUT2D eigenvalue weighted by atomic mass is 16.6. The molecule has 1 saturated heterocycles. The van der Waals surface area contributed by atoms with Crippen LogP contribution in [0.3, 0.4) is 0 Å². The standard InChI is InChI=1S/C22H25NO7/c1-21(12-24)8-3-9-22(2)16-11-29-20(26)15(16)10-17(18(21)22)30-19(25)13-4-6-14(7-5-13)23(27)28/h4-7,10,16-18,24H,3,8-9,11-12H2,1-2H3. The van der Waals surface area contributed by atoms with E-state index in [1.807, 2.05) is 6.92 Å². The molecule has 1 aliphatic heterocycles. The summed E-state index contributed by atoms with van der Waals surface area (Å²) in [6.07, 6.45) is 3.53. The molecule has 8 nitrogen and oxygen atoms in total. The molecule has 8 heteroatoms. The monoisotopic (exact) mass is 415 g/mol. The number of carbonyl (C=O) groups excluding carboxylic acids is 2. The van der Waals surface area contributed by atoms with Gasteiger partial charge in [-0.1, -0.05) is 20.3 Å². The Balaban J connectivity index is 1.70. The molecule has 5 atom stereocenters. The van der Waals surface area contributed by atoms with Crippen LogP contribution in [-0.2, 0) is 14.3 Å². The summed E-state index contributed by atoms with van der Waals surface area (Å²) in [4.78, 5) is 35.5. The number of esters is 2. The van der Waals surface area contributed by atoms with Crippen molar-refractivity contribution in [3.8, 4) is 0 Å². The second-order valence-electron chi connectivity index (χ2n) is 9.10. The van der Waals surface area contributed by atoms with Crippen molar-refractivity contribution >= 4 is 17.6 Å². The van der Waals surface area contributed by atoms with Crippen molar-refractivity contribution in [3.63, 3.8) is 0 Å². The molecule has 5 unspecified atom stereocenters. The molecule has 1 heterocycles. The lowest BCUT2D eigenvalue weighted by Gasteiger charge is -2.57. The summed E-state index contributed by atoms with van der Waals surface area (Å²) >= 11 is 0. The minimum absolute atomic E-state index is 0.0520. The van der Waals surface area contributed by atoms with Gasteiger partial charge < -0.3 is 14.6 Å². The Morgan fingerprint density at radius 2 is 2.00 bits per heavy atom. The van der Waals surface area contributed by atoms with Gasteiger partial charge in [0, 0.05) is 36.1 Å². The quantitative estimate of drug-likeness (QED) is 0.456. The van der Waals surface area contributed by atoms with Gasteiger partial charge in [-0.2, -0.15) is 0 Å². The zero-order valence-electron chi connectivity index (χ0n) is 17.0. The third-order valence-electron chi connectivity index (χ3n) is 7.30. The first-order valence-corrected chi connectivity index (χ1v) is 10.1. The van der Waals surface area contributed by atoms with Gasteiger partial charge in [0.1, 0.15) is 6.10 Å². The molecule has 0 spiro atoms. The van der Waals surface area contributed by atoms with Crippen LogP contribution in [0.15, 0.2) is 35.9 Å². The molecule has 0 amide bonds. The number of fused-ring (bicyclic) bond motifs is 3. The molecular weight excluding hydrogens is 390 g/mol. The van der Waals surface area contributed by atoms with Gasteiger partial charge in [0.15, 0.2) is 0 Å². The van der Waals surface area contributed by atoms with Crippen LogP contribution in [0.25, 0.3) is 0 Å². The number of benzene rings is 1. The van der Waals surface area contributed by atoms with E-state index in [4.69, 9.17) is 9.47 Å². The number of carbonyl (C=O) groups is 2. The van der Waals surface area contributed by atoms with E-state index in [1.165, 1.54) is 24.3 Å². The summed E-state index contributed by atoms with van der Waals surface area (Å²) in [6.45, 7) is 4.35. The van der Waals surface area contributed by atoms with Crippen molar-refractivity contribution in [1.29, 1.82) is 0 Å². The van der Waals surface area contributed by atoms with E-state index in [2.05, 4.69) is 6.92 Å². The second kappa shape index (κ2) is 7.19. The van der Waals surface area contributed by atoms with Gasteiger partial charge in [-0.15, -0.1) is 0 Å². The van der Waals surface area contributed by atoms with Crippen LogP contribution < -0.4 is 0 Å². The summed E-state index contributed by atoms with van der Waals surface area (Å²) in [6, 6.07) is 5.22. The molecule has 1 aromatic carbocycles. The Morgan fingerprint density at radius 3 is 2.63 bits per heavy atom. The number of aliphatic hydroxyl groups is 1. The highest BCUT2D eigenvalue weighted by Gasteiger charge is 2.61. The van der Waals surface area contributed by atoms with E-state index in [0.29, 0.717) is 12.2 Å². The van der Waals surface area contributed by atoms with Crippen LogP contribution >= 0.6 is 0 Å². The molecule has 4 rings (SSSR count). The Hall–Kier alpha value is -2.74. The van der Waals surface area contributed by atoms with Crippen LogP contribution in [0.1, 0.15) is 43.5 Å². The lowest BCUT2D eigenvalue weighted by Crippen LogP contribution is -2.57. The zero-order chi connectivity index (χ0) is 21.7. The fourth-order valence-corrected chi connectivity index (χ4v) is 5.81. The largest absolute Gasteiger partial charge is 0.462 e. The predicted molar refractivity (Wildman–Crippen MR) is 105 cm³/mol. The molecule has 2 fully saturated rings. The number of nitrogens with zero attached hydrogens (tertiary/aromatic N) is 1. The summed E-state index contributed by atoms with van der Waals surface area (Å²) in [5, 5.41) is 21.1. The maximum Gasteiger partial charge on any atom is 0.338 e. The Kier molecular flexibility index (Phi) is 4.92. The van der Waals surface area contributed by atoms with Crippen LogP contribution in [0, 0.1) is 32.8 Å². The van der Waals surface area contributed by atoms with E-state index >= 15 is 0 Å². The van der Waals surface area contributed by atoms with Gasteiger partial charge in [-0.25, -0.2) is 9.59 Å². The number of nitro groups is 1. The third-order valence-corrected chi connectivity index (χ3v) is 7.30. The zero-order valence-corrected chi connectivity index (χ0v) is 17.0. The van der Waals surface area contributed by atoms with Crippen molar-refractivity contribution in [2.45, 2.75) is 39.2 Å². The number of ether oxygens (including phenoxy) is 2. The molecule has 0 bridgehead atoms. The Labute approximate surface area is 174 Å². The average molecular weight is 415 g/mol. The van der Waals surface area contributed by atoms with E-state index in [-0.39, 0.29) is 41.1 Å². The van der Waals surface area contributed by atoms with Gasteiger partial charge in [0.2, 0.25) is 0 Å². The van der Waals surface area contributed by atoms with Gasteiger partial charge in [-0.3, -0.25) is 10.1 Å². The van der Waals surface area contributed by atoms with Crippen molar-refractivity contribution in [2.75, 3.05) is 13.2 Å². The predicted octanol–water partition coefficient (Wildman–Crippen LogP) is 3.04. The summed E-state index contributed by atoms with van der Waals surface area (Å²) in [5.74, 6) is -1.28. The van der Waals surface area contributed by atoms with Crippen LogP contribution in [0.5, 0.6) is 0 Å². The molecule has 30 heavy (non-hydrogen) atoms. The number of non-ortho nitro benzene ring substituents is 1. The van der Waals surface area contributed by atoms with E-state index < -0.39 is 22.4 Å². The van der Waals surface area contributed by atoms with Gasteiger partial charge in [0.25, 0.3) is 5.69 Å². The lowest BCUT2D eigenvalue weighted by atomic mass is 9.48. The van der Waals surface area contributed by atoms with Crippen molar-refractivity contribution in [1.82, 2.24) is 0 Å². The summed E-state index contributed by atoms with van der Waals surface area (Å²) in [5.41, 5.74) is -0.209. The molecule has 1 aromatic rings. The maximum atomic E-state index is 12.8. The van der Waals surface area contributed by atoms with Crippen LogP contribution in [0.2, 0.25) is 0 Å². The van der Waals surface area contributed by atoms with Gasteiger partial charge >= 0.3 is 11.9 Å². The molecule has 3 aliphatic rings. The number of hydrogen-bond donors (Lipinski definition) is 1. The maximum absolute atomic E-state index is 12.8. The fourth-order valence-electron chi connectivity index (χ4n) is 5.81. The minimum Gasteiger partial charge on any atom is -0.462 e. The number of rotatable bonds is 4. The van der Waals surface area contributed by atoms with E-state index in [9.17, 15) is 24.8 Å². The first-order valence-electron chi connectivity index (χ1n) is 10.1. The first-order chi connectivity index (χ1) is 14.2. The smallest absolute Gasteiger partial charge is 0.338 e. The molecule has 160 valence electrons. The molecule has 1 N–H and O–H groups in total. The number of cyclic esters (lactones) is 1. The Bertz CT molecular complexity index is 924. The highest BCUT2D eigenvalue weighted by molar-refractivity contribution is 5.92. The normalized spacial score (nSPS) is 35.0. The number of hydrogen-bond acceptors (Lipinski definition) is 7. The van der Waals surface area contributed by atoms with Crippen molar-refractivity contribution in [2.24, 2.45) is 22.7 Å².